The summed E-state index contributed by atoms with van der Waals surface area (Å²) >= 11 is 1.15. The maximum Gasteiger partial charge on any atom is 0.417 e. The van der Waals surface area contributed by atoms with E-state index in [1.807, 2.05) is 18.2 Å². The molecule has 0 aliphatic carbocycles. The number of aromatic amines is 1. The lowest BCUT2D eigenvalue weighted by atomic mass is 10.0. The summed E-state index contributed by atoms with van der Waals surface area (Å²) in [7, 11) is 0. The van der Waals surface area contributed by atoms with Gasteiger partial charge < -0.3 is 9.88 Å². The molecule has 0 saturated heterocycles. The molecule has 0 atom stereocenters. The third kappa shape index (κ3) is 3.66. The molecule has 3 heterocycles. The summed E-state index contributed by atoms with van der Waals surface area (Å²) in [5, 5.41) is 1.60. The Bertz CT molecular complexity index is 982. The van der Waals surface area contributed by atoms with Gasteiger partial charge in [-0.15, -0.1) is 0 Å². The van der Waals surface area contributed by atoms with Crippen LogP contribution in [0, 0.1) is 0 Å². The van der Waals surface area contributed by atoms with Crippen molar-refractivity contribution in [2.24, 2.45) is 0 Å². The Balaban J connectivity index is 1.39. The third-order valence-corrected chi connectivity index (χ3v) is 5.57. The van der Waals surface area contributed by atoms with Crippen LogP contribution in [0.4, 0.5) is 13.2 Å². The molecule has 0 saturated carbocycles. The first-order valence-corrected chi connectivity index (χ1v) is 9.42. The molecule has 1 N–H and O–H groups in total. The zero-order valence-electron chi connectivity index (χ0n) is 14.2. The first kappa shape index (κ1) is 17.9. The van der Waals surface area contributed by atoms with Crippen molar-refractivity contribution < 1.29 is 18.0 Å². The summed E-state index contributed by atoms with van der Waals surface area (Å²) in [6.07, 6.45) is -2.82. The molecule has 0 fully saturated rings. The Kier molecular flexibility index (Phi) is 4.59. The van der Waals surface area contributed by atoms with E-state index in [1.54, 1.807) is 4.90 Å². The molecule has 2 aromatic heterocycles. The second kappa shape index (κ2) is 6.92. The highest BCUT2D eigenvalue weighted by Gasteiger charge is 2.30. The summed E-state index contributed by atoms with van der Waals surface area (Å²) < 4.78 is 37.7. The lowest BCUT2D eigenvalue weighted by Crippen LogP contribution is -2.37. The molecule has 1 amide bonds. The van der Waals surface area contributed by atoms with Crippen molar-refractivity contribution in [1.29, 1.82) is 0 Å². The largest absolute Gasteiger partial charge is 0.417 e. The number of pyridine rings is 1. The van der Waals surface area contributed by atoms with Gasteiger partial charge in [0.1, 0.15) is 0 Å². The number of carbonyl (C=O) groups is 1. The number of amides is 1. The van der Waals surface area contributed by atoms with E-state index in [-0.39, 0.29) is 11.7 Å². The number of alkyl halides is 3. The number of benzene rings is 1. The van der Waals surface area contributed by atoms with Crippen LogP contribution in [-0.4, -0.2) is 33.1 Å². The number of hydrogen-bond acceptors (Lipinski definition) is 3. The molecular formula is C19H16F3N3OS. The molecule has 1 aliphatic heterocycles. The quantitative estimate of drug-likeness (QED) is 0.679. The molecule has 1 aromatic carbocycles. The van der Waals surface area contributed by atoms with Gasteiger partial charge in [-0.1, -0.05) is 30.0 Å². The minimum absolute atomic E-state index is 0.0500. The van der Waals surface area contributed by atoms with Gasteiger partial charge in [0.05, 0.1) is 22.9 Å². The number of hydrogen-bond donors (Lipinski definition) is 1. The van der Waals surface area contributed by atoms with Crippen molar-refractivity contribution in [2.45, 2.75) is 24.2 Å². The fraction of sp³-hybridized carbons (Fsp3) is 0.263. The van der Waals surface area contributed by atoms with Crippen LogP contribution in [0.2, 0.25) is 0 Å². The molecule has 4 rings (SSSR count). The van der Waals surface area contributed by atoms with E-state index >= 15 is 0 Å². The molecule has 8 heteroatoms. The van der Waals surface area contributed by atoms with Gasteiger partial charge in [0.25, 0.3) is 0 Å². The number of halogens is 3. The number of para-hydroxylation sites is 1. The number of carbonyl (C=O) groups excluding carboxylic acids is 1. The van der Waals surface area contributed by atoms with Crippen molar-refractivity contribution >= 4 is 28.6 Å². The Hall–Kier alpha value is -2.48. The first-order valence-electron chi connectivity index (χ1n) is 8.44. The summed E-state index contributed by atoms with van der Waals surface area (Å²) in [6.45, 7) is 1.15. The zero-order chi connectivity index (χ0) is 19.0. The smallest absolute Gasteiger partial charge is 0.357 e. The second-order valence-electron chi connectivity index (χ2n) is 6.36. The molecule has 0 bridgehead atoms. The molecule has 0 radical (unpaired) electrons. The van der Waals surface area contributed by atoms with Gasteiger partial charge in [0.15, 0.2) is 0 Å². The average Bonchev–Trinajstić information content (AvgIpc) is 3.03. The molecule has 0 spiro atoms. The highest BCUT2D eigenvalue weighted by molar-refractivity contribution is 7.99. The van der Waals surface area contributed by atoms with Crippen LogP contribution in [0.3, 0.4) is 0 Å². The summed E-state index contributed by atoms with van der Waals surface area (Å²) in [6, 6.07) is 10.4. The number of aromatic nitrogens is 2. The predicted octanol–water partition coefficient (Wildman–Crippen LogP) is 4.26. The Labute approximate surface area is 157 Å². The summed E-state index contributed by atoms with van der Waals surface area (Å²) in [5.41, 5.74) is 2.58. The molecule has 140 valence electrons. The number of nitrogens with one attached hydrogen (secondary N) is 1. The van der Waals surface area contributed by atoms with Crippen molar-refractivity contribution in [3.63, 3.8) is 0 Å². The van der Waals surface area contributed by atoms with Crippen LogP contribution in [0.5, 0.6) is 0 Å². The summed E-state index contributed by atoms with van der Waals surface area (Å²) in [5.74, 6) is 0.0968. The highest BCUT2D eigenvalue weighted by Crippen LogP contribution is 2.30. The number of thioether (sulfide) groups is 1. The molecule has 4 nitrogen and oxygen atoms in total. The Morgan fingerprint density at radius 1 is 1.22 bits per heavy atom. The number of rotatable bonds is 3. The predicted molar refractivity (Wildman–Crippen MR) is 97.4 cm³/mol. The lowest BCUT2D eigenvalue weighted by Gasteiger charge is -2.27. The minimum atomic E-state index is -4.41. The molecule has 1 aliphatic rings. The third-order valence-electron chi connectivity index (χ3n) is 4.64. The van der Waals surface area contributed by atoms with E-state index in [9.17, 15) is 18.0 Å². The van der Waals surface area contributed by atoms with E-state index in [0.717, 1.165) is 41.7 Å². The van der Waals surface area contributed by atoms with E-state index < -0.39 is 11.7 Å². The van der Waals surface area contributed by atoms with Gasteiger partial charge in [0.2, 0.25) is 5.91 Å². The summed E-state index contributed by atoms with van der Waals surface area (Å²) in [4.78, 5) is 21.4. The van der Waals surface area contributed by atoms with Crippen LogP contribution in [0.1, 0.15) is 16.8 Å². The zero-order valence-corrected chi connectivity index (χ0v) is 15.0. The number of fused-ring (bicyclic) bond motifs is 3. The molecule has 27 heavy (non-hydrogen) atoms. The number of nitrogens with zero attached hydrogens (tertiary/aromatic N) is 2. The van der Waals surface area contributed by atoms with Crippen LogP contribution in [0.25, 0.3) is 10.9 Å². The van der Waals surface area contributed by atoms with Gasteiger partial charge >= 0.3 is 6.18 Å². The Morgan fingerprint density at radius 2 is 2.04 bits per heavy atom. The van der Waals surface area contributed by atoms with E-state index in [1.165, 1.54) is 17.0 Å². The fourth-order valence-electron chi connectivity index (χ4n) is 3.27. The van der Waals surface area contributed by atoms with Crippen LogP contribution >= 0.6 is 11.8 Å². The normalized spacial score (nSPS) is 14.4. The topological polar surface area (TPSA) is 49.0 Å². The molecule has 0 unspecified atom stereocenters. The molecular weight excluding hydrogens is 375 g/mol. The number of H-pyrrole nitrogens is 1. The SMILES string of the molecule is O=C(CSc1ccc(C(F)(F)F)cn1)N1CCc2c([nH]c3ccccc23)C1. The van der Waals surface area contributed by atoms with Crippen molar-refractivity contribution in [2.75, 3.05) is 12.3 Å². The van der Waals surface area contributed by atoms with Gasteiger partial charge in [0, 0.05) is 29.3 Å². The van der Waals surface area contributed by atoms with Crippen molar-refractivity contribution in [3.8, 4) is 0 Å². The maximum atomic E-state index is 12.6. The van der Waals surface area contributed by atoms with Crippen molar-refractivity contribution in [3.05, 3.63) is 59.4 Å². The highest BCUT2D eigenvalue weighted by atomic mass is 32.2. The van der Waals surface area contributed by atoms with Crippen LogP contribution < -0.4 is 0 Å². The van der Waals surface area contributed by atoms with Crippen molar-refractivity contribution in [1.82, 2.24) is 14.9 Å². The second-order valence-corrected chi connectivity index (χ2v) is 7.36. The van der Waals surface area contributed by atoms with Gasteiger partial charge in [-0.05, 0) is 30.2 Å². The average molecular weight is 391 g/mol. The van der Waals surface area contributed by atoms with Gasteiger partial charge in [-0.2, -0.15) is 13.2 Å². The van der Waals surface area contributed by atoms with Crippen LogP contribution in [0.15, 0.2) is 47.6 Å². The van der Waals surface area contributed by atoms with Gasteiger partial charge in [-0.3, -0.25) is 4.79 Å². The monoisotopic (exact) mass is 391 g/mol. The van der Waals surface area contributed by atoms with E-state index in [0.29, 0.717) is 18.1 Å². The fourth-order valence-corrected chi connectivity index (χ4v) is 4.01. The van der Waals surface area contributed by atoms with E-state index in [2.05, 4.69) is 16.0 Å². The van der Waals surface area contributed by atoms with Gasteiger partial charge in [-0.25, -0.2) is 4.98 Å². The minimum Gasteiger partial charge on any atom is -0.357 e. The molecule has 3 aromatic rings. The standard InChI is InChI=1S/C19H16F3N3OS/c20-19(21,22)12-5-6-17(23-9-12)27-11-18(26)25-8-7-14-13-3-1-2-4-15(13)24-16(14)10-25/h1-6,9,24H,7-8,10-11H2. The Morgan fingerprint density at radius 3 is 2.78 bits per heavy atom. The first-order chi connectivity index (χ1) is 12.9. The van der Waals surface area contributed by atoms with E-state index in [4.69, 9.17) is 0 Å². The lowest BCUT2D eigenvalue weighted by molar-refractivity contribution is -0.138. The maximum absolute atomic E-state index is 12.6. The van der Waals surface area contributed by atoms with Crippen LogP contribution in [-0.2, 0) is 23.9 Å².